The van der Waals surface area contributed by atoms with Crippen molar-refractivity contribution in [2.45, 2.75) is 51.7 Å². The maximum absolute atomic E-state index is 11.8. The van der Waals surface area contributed by atoms with E-state index in [1.165, 1.54) is 31.5 Å². The quantitative estimate of drug-likeness (QED) is 0.833. The highest BCUT2D eigenvalue weighted by atomic mass is 16.5. The van der Waals surface area contributed by atoms with Gasteiger partial charge in [-0.2, -0.15) is 0 Å². The van der Waals surface area contributed by atoms with Crippen molar-refractivity contribution in [3.63, 3.8) is 0 Å². The van der Waals surface area contributed by atoms with Gasteiger partial charge in [0.15, 0.2) is 0 Å². The molecular formula is C22H35N3O2. The smallest absolute Gasteiger partial charge is 0.226 e. The molecule has 0 aromatic heterocycles. The molecular weight excluding hydrogens is 338 g/mol. The van der Waals surface area contributed by atoms with Crippen molar-refractivity contribution in [1.82, 2.24) is 9.80 Å². The van der Waals surface area contributed by atoms with Crippen LogP contribution in [0.25, 0.3) is 0 Å². The summed E-state index contributed by atoms with van der Waals surface area (Å²) in [5.41, 5.74) is 2.15. The normalized spacial score (nSPS) is 24.9. The van der Waals surface area contributed by atoms with Gasteiger partial charge in [0, 0.05) is 31.2 Å². The Morgan fingerprint density at radius 1 is 1.11 bits per heavy atom. The number of hydrogen-bond donors (Lipinski definition) is 1. The molecule has 27 heavy (non-hydrogen) atoms. The Hall–Kier alpha value is -1.43. The third-order valence-electron chi connectivity index (χ3n) is 5.68. The molecule has 1 aromatic carbocycles. The molecule has 1 N–H and O–H groups in total. The largest absolute Gasteiger partial charge is 0.373 e. The van der Waals surface area contributed by atoms with Gasteiger partial charge in [0.05, 0.1) is 12.2 Å². The van der Waals surface area contributed by atoms with Gasteiger partial charge in [-0.1, -0.05) is 26.0 Å². The number of benzene rings is 1. The third-order valence-corrected chi connectivity index (χ3v) is 5.68. The van der Waals surface area contributed by atoms with E-state index < -0.39 is 0 Å². The van der Waals surface area contributed by atoms with Crippen LogP contribution in [0, 0.1) is 5.92 Å². The molecule has 2 atom stereocenters. The topological polar surface area (TPSA) is 44.8 Å². The summed E-state index contributed by atoms with van der Waals surface area (Å²) in [5, 5.41) is 2.94. The molecule has 150 valence electrons. The number of likely N-dealkylation sites (N-methyl/N-ethyl adjacent to an activating group) is 1. The molecule has 2 saturated heterocycles. The van der Waals surface area contributed by atoms with Crippen LogP contribution in [0.15, 0.2) is 24.3 Å². The van der Waals surface area contributed by atoms with Crippen LogP contribution in [-0.2, 0) is 16.0 Å². The molecule has 0 unspecified atom stereocenters. The maximum atomic E-state index is 11.8. The molecule has 2 aliphatic rings. The number of ether oxygens (including phenoxy) is 1. The summed E-state index contributed by atoms with van der Waals surface area (Å²) in [4.78, 5) is 16.8. The highest BCUT2D eigenvalue weighted by molar-refractivity contribution is 5.92. The zero-order valence-corrected chi connectivity index (χ0v) is 17.1. The van der Waals surface area contributed by atoms with E-state index in [2.05, 4.69) is 34.3 Å². The summed E-state index contributed by atoms with van der Waals surface area (Å²) in [6.07, 6.45) is 5.22. The summed E-state index contributed by atoms with van der Waals surface area (Å²) < 4.78 is 6.34. The van der Waals surface area contributed by atoms with Gasteiger partial charge >= 0.3 is 0 Å². The zero-order valence-electron chi connectivity index (χ0n) is 17.1. The summed E-state index contributed by atoms with van der Waals surface area (Å²) in [7, 11) is 2.21. The molecule has 0 bridgehead atoms. The number of nitrogens with one attached hydrogen (secondary N) is 1. The van der Waals surface area contributed by atoms with Gasteiger partial charge in [0.1, 0.15) is 0 Å². The molecule has 0 aliphatic carbocycles. The average molecular weight is 374 g/mol. The van der Waals surface area contributed by atoms with Crippen LogP contribution >= 0.6 is 0 Å². The zero-order chi connectivity index (χ0) is 19.2. The number of nitrogens with zero attached hydrogens (tertiary/aromatic N) is 2. The molecule has 5 heteroatoms. The lowest BCUT2D eigenvalue weighted by Gasteiger charge is -2.24. The highest BCUT2D eigenvalue weighted by Gasteiger charge is 2.27. The van der Waals surface area contributed by atoms with Crippen molar-refractivity contribution in [2.75, 3.05) is 45.1 Å². The molecule has 0 saturated carbocycles. The molecule has 1 amide bonds. The number of anilines is 1. The minimum absolute atomic E-state index is 0.00176. The first-order valence-electron chi connectivity index (χ1n) is 10.5. The van der Waals surface area contributed by atoms with E-state index in [0.717, 1.165) is 38.2 Å². The van der Waals surface area contributed by atoms with Crippen LogP contribution in [0.3, 0.4) is 0 Å². The van der Waals surface area contributed by atoms with Gasteiger partial charge in [-0.25, -0.2) is 0 Å². The molecule has 2 heterocycles. The summed E-state index contributed by atoms with van der Waals surface area (Å²) in [6, 6.07) is 8.21. The van der Waals surface area contributed by atoms with Crippen molar-refractivity contribution >= 4 is 11.6 Å². The third kappa shape index (κ3) is 6.30. The first-order chi connectivity index (χ1) is 13.0. The molecule has 3 rings (SSSR count). The van der Waals surface area contributed by atoms with Crippen LogP contribution in [0.2, 0.25) is 0 Å². The Balaban J connectivity index is 1.43. The van der Waals surface area contributed by atoms with Gasteiger partial charge in [-0.15, -0.1) is 0 Å². The van der Waals surface area contributed by atoms with Gasteiger partial charge in [0.25, 0.3) is 0 Å². The fraction of sp³-hybridized carbons (Fsp3) is 0.682. The Kier molecular flexibility index (Phi) is 7.27. The van der Waals surface area contributed by atoms with E-state index in [1.807, 2.05) is 26.0 Å². The lowest BCUT2D eigenvalue weighted by atomic mass is 10.0. The minimum Gasteiger partial charge on any atom is -0.373 e. The van der Waals surface area contributed by atoms with E-state index in [4.69, 9.17) is 4.74 Å². The SMILES string of the molecule is CC(C)C(=O)Nc1ccc(C[C@@H]2CC[C@H](CN3CCCN(C)CC3)O2)cc1. The lowest BCUT2D eigenvalue weighted by Crippen LogP contribution is -2.35. The van der Waals surface area contributed by atoms with Crippen molar-refractivity contribution < 1.29 is 9.53 Å². The van der Waals surface area contributed by atoms with Gasteiger partial charge < -0.3 is 15.0 Å². The van der Waals surface area contributed by atoms with E-state index in [0.29, 0.717) is 12.2 Å². The molecule has 0 radical (unpaired) electrons. The first-order valence-corrected chi connectivity index (χ1v) is 10.5. The number of carbonyl (C=O) groups excluding carboxylic acids is 1. The summed E-state index contributed by atoms with van der Waals surface area (Å²) >= 11 is 0. The van der Waals surface area contributed by atoms with Crippen molar-refractivity contribution in [2.24, 2.45) is 5.92 Å². The van der Waals surface area contributed by atoms with Gasteiger partial charge in [-0.05, 0) is 63.5 Å². The molecule has 0 spiro atoms. The standard InChI is InChI=1S/C22H35N3O2/c1-17(2)22(26)23-19-7-5-18(6-8-19)15-20-9-10-21(27-20)16-25-12-4-11-24(3)13-14-25/h5-8,17,20-21H,4,9-16H2,1-3H3,(H,23,26)/t20-,21+/m0/s1. The van der Waals surface area contributed by atoms with E-state index in [-0.39, 0.29) is 11.8 Å². The second kappa shape index (κ2) is 9.67. The first kappa shape index (κ1) is 20.3. The fourth-order valence-corrected chi connectivity index (χ4v) is 3.91. The molecule has 1 aromatic rings. The fourth-order valence-electron chi connectivity index (χ4n) is 3.91. The number of carbonyl (C=O) groups is 1. The molecule has 5 nitrogen and oxygen atoms in total. The molecule has 2 fully saturated rings. The molecule has 2 aliphatic heterocycles. The van der Waals surface area contributed by atoms with Crippen molar-refractivity contribution in [1.29, 1.82) is 0 Å². The second-order valence-corrected chi connectivity index (χ2v) is 8.46. The predicted octanol–water partition coefficient (Wildman–Crippen LogP) is 3.01. The lowest BCUT2D eigenvalue weighted by molar-refractivity contribution is -0.118. The van der Waals surface area contributed by atoms with E-state index in [9.17, 15) is 4.79 Å². The van der Waals surface area contributed by atoms with Gasteiger partial charge in [0.2, 0.25) is 5.91 Å². The van der Waals surface area contributed by atoms with Crippen LogP contribution in [0.4, 0.5) is 5.69 Å². The predicted molar refractivity (Wildman–Crippen MR) is 110 cm³/mol. The Morgan fingerprint density at radius 3 is 2.59 bits per heavy atom. The van der Waals surface area contributed by atoms with Crippen LogP contribution in [0.1, 0.15) is 38.7 Å². The highest BCUT2D eigenvalue weighted by Crippen LogP contribution is 2.24. The van der Waals surface area contributed by atoms with Crippen LogP contribution in [-0.4, -0.2) is 67.7 Å². The maximum Gasteiger partial charge on any atom is 0.226 e. The van der Waals surface area contributed by atoms with Crippen molar-refractivity contribution in [3.05, 3.63) is 29.8 Å². The number of hydrogen-bond acceptors (Lipinski definition) is 4. The monoisotopic (exact) mass is 373 g/mol. The summed E-state index contributed by atoms with van der Waals surface area (Å²) in [5.74, 6) is 0.0579. The second-order valence-electron chi connectivity index (χ2n) is 8.46. The number of amides is 1. The Labute approximate surface area is 164 Å². The van der Waals surface area contributed by atoms with Crippen molar-refractivity contribution in [3.8, 4) is 0 Å². The average Bonchev–Trinajstić information content (AvgIpc) is 2.97. The minimum atomic E-state index is -0.00176. The van der Waals surface area contributed by atoms with Crippen LogP contribution in [0.5, 0.6) is 0 Å². The van der Waals surface area contributed by atoms with E-state index >= 15 is 0 Å². The van der Waals surface area contributed by atoms with Gasteiger partial charge in [-0.3, -0.25) is 9.69 Å². The Bertz CT molecular complexity index is 602. The van der Waals surface area contributed by atoms with E-state index in [1.54, 1.807) is 0 Å². The number of rotatable bonds is 6. The van der Waals surface area contributed by atoms with Crippen LogP contribution < -0.4 is 5.32 Å². The Morgan fingerprint density at radius 2 is 1.85 bits per heavy atom. The summed E-state index contributed by atoms with van der Waals surface area (Å²) in [6.45, 7) is 9.60.